The quantitative estimate of drug-likeness (QED) is 0.729. The fraction of sp³-hybridized carbons (Fsp3) is 0.364. The van der Waals surface area contributed by atoms with E-state index in [1.54, 1.807) is 12.1 Å². The van der Waals surface area contributed by atoms with Crippen LogP contribution < -0.4 is 19.7 Å². The van der Waals surface area contributed by atoms with Crippen LogP contribution in [0.1, 0.15) is 35.7 Å². The summed E-state index contributed by atoms with van der Waals surface area (Å²) in [4.78, 5) is 26.0. The summed E-state index contributed by atoms with van der Waals surface area (Å²) in [5.74, 6) is 0.0198. The van der Waals surface area contributed by atoms with Crippen LogP contribution in [0.5, 0.6) is 11.5 Å². The van der Waals surface area contributed by atoms with Crippen molar-refractivity contribution in [2.75, 3.05) is 23.9 Å². The zero-order valence-corrected chi connectivity index (χ0v) is 16.5. The first-order valence-electron chi connectivity index (χ1n) is 9.74. The van der Waals surface area contributed by atoms with E-state index < -0.39 is 5.97 Å². The summed E-state index contributed by atoms with van der Waals surface area (Å²) in [5.41, 5.74) is 3.36. The van der Waals surface area contributed by atoms with Crippen molar-refractivity contribution < 1.29 is 24.2 Å². The van der Waals surface area contributed by atoms with Gasteiger partial charge in [0, 0.05) is 24.2 Å². The lowest BCUT2D eigenvalue weighted by molar-refractivity contribution is -0.137. The van der Waals surface area contributed by atoms with Crippen molar-refractivity contribution in [3.05, 3.63) is 47.5 Å². The third kappa shape index (κ3) is 3.48. The number of carboxylic acids is 1. The molecule has 0 saturated heterocycles. The van der Waals surface area contributed by atoms with E-state index in [-0.39, 0.29) is 31.0 Å². The van der Waals surface area contributed by atoms with Gasteiger partial charge in [-0.15, -0.1) is 0 Å². The van der Waals surface area contributed by atoms with Gasteiger partial charge in [-0.1, -0.05) is 18.2 Å². The minimum Gasteiger partial charge on any atom is -0.493 e. The van der Waals surface area contributed by atoms with Crippen molar-refractivity contribution in [3.8, 4) is 11.5 Å². The molecule has 29 heavy (non-hydrogen) atoms. The highest BCUT2D eigenvalue weighted by Crippen LogP contribution is 2.41. The topological polar surface area (TPSA) is 88.1 Å². The van der Waals surface area contributed by atoms with Crippen LogP contribution >= 0.6 is 0 Å². The Morgan fingerprint density at radius 1 is 1.28 bits per heavy atom. The van der Waals surface area contributed by atoms with Crippen LogP contribution in [0.4, 0.5) is 11.4 Å². The van der Waals surface area contributed by atoms with Gasteiger partial charge in [0.1, 0.15) is 0 Å². The Kier molecular flexibility index (Phi) is 5.05. The first kappa shape index (κ1) is 19.1. The molecule has 152 valence electrons. The Morgan fingerprint density at radius 3 is 2.83 bits per heavy atom. The summed E-state index contributed by atoms with van der Waals surface area (Å²) in [5, 5.41) is 12.2. The minimum absolute atomic E-state index is 0.0261. The molecule has 2 aromatic rings. The number of amides is 1. The molecular weight excluding hydrogens is 372 g/mol. The number of ether oxygens (including phenoxy) is 2. The lowest BCUT2D eigenvalue weighted by atomic mass is 10.0. The number of methoxy groups -OCH3 is 1. The molecule has 0 aliphatic carbocycles. The Morgan fingerprint density at radius 2 is 2.07 bits per heavy atom. The highest BCUT2D eigenvalue weighted by Gasteiger charge is 2.40. The van der Waals surface area contributed by atoms with E-state index in [9.17, 15) is 9.59 Å². The monoisotopic (exact) mass is 396 g/mol. The minimum atomic E-state index is -0.857. The van der Waals surface area contributed by atoms with Crippen LogP contribution in [0.15, 0.2) is 36.4 Å². The predicted octanol–water partition coefficient (Wildman–Crippen LogP) is 3.32. The Balaban J connectivity index is 1.67. The summed E-state index contributed by atoms with van der Waals surface area (Å²) in [6.45, 7) is 2.33. The molecule has 0 fully saturated rings. The summed E-state index contributed by atoms with van der Waals surface area (Å²) >= 11 is 0. The lowest BCUT2D eigenvalue weighted by Gasteiger charge is -2.27. The van der Waals surface area contributed by atoms with Gasteiger partial charge in [0.2, 0.25) is 0 Å². The summed E-state index contributed by atoms with van der Waals surface area (Å²) in [7, 11) is 1.52. The molecule has 7 heteroatoms. The molecule has 2 aliphatic heterocycles. The molecule has 0 bridgehead atoms. The van der Waals surface area contributed by atoms with Crippen LogP contribution in [0, 0.1) is 0 Å². The SMILES string of the molecule is COc1cc2c(cc1OCCCC(=O)O)NC(C)[C@@H]1Cc3ccccc3N1C2=O. The zero-order valence-electron chi connectivity index (χ0n) is 16.5. The van der Waals surface area contributed by atoms with Crippen LogP contribution in [0.2, 0.25) is 0 Å². The molecule has 0 aromatic heterocycles. The van der Waals surface area contributed by atoms with Crippen LogP contribution in [0.3, 0.4) is 0 Å². The number of aliphatic carboxylic acids is 1. The molecule has 4 rings (SSSR count). The first-order valence-corrected chi connectivity index (χ1v) is 9.74. The third-order valence-corrected chi connectivity index (χ3v) is 5.52. The number of anilines is 2. The van der Waals surface area contributed by atoms with Crippen molar-refractivity contribution in [2.24, 2.45) is 0 Å². The fourth-order valence-electron chi connectivity index (χ4n) is 4.08. The molecule has 2 atom stereocenters. The van der Waals surface area contributed by atoms with E-state index in [4.69, 9.17) is 14.6 Å². The molecule has 2 N–H and O–H groups in total. The normalized spacial score (nSPS) is 19.5. The van der Waals surface area contributed by atoms with Gasteiger partial charge in [-0.3, -0.25) is 9.59 Å². The van der Waals surface area contributed by atoms with Crippen molar-refractivity contribution in [1.29, 1.82) is 0 Å². The number of para-hydroxylation sites is 1. The highest BCUT2D eigenvalue weighted by molar-refractivity contribution is 6.12. The van der Waals surface area contributed by atoms with Gasteiger partial charge in [0.05, 0.1) is 31.0 Å². The maximum absolute atomic E-state index is 13.5. The average molecular weight is 396 g/mol. The number of hydrogen-bond donors (Lipinski definition) is 2. The number of benzene rings is 2. The summed E-state index contributed by atoms with van der Waals surface area (Å²) in [6, 6.07) is 11.6. The number of rotatable bonds is 6. The van der Waals surface area contributed by atoms with Gasteiger partial charge in [-0.05, 0) is 37.5 Å². The number of hydrogen-bond acceptors (Lipinski definition) is 5. The molecule has 2 aliphatic rings. The van der Waals surface area contributed by atoms with Gasteiger partial charge < -0.3 is 24.8 Å². The Hall–Kier alpha value is -3.22. The molecule has 2 aromatic carbocycles. The maximum atomic E-state index is 13.5. The van der Waals surface area contributed by atoms with Crippen LogP contribution in [-0.4, -0.2) is 42.8 Å². The highest BCUT2D eigenvalue weighted by atomic mass is 16.5. The summed E-state index contributed by atoms with van der Waals surface area (Å²) < 4.78 is 11.2. The van der Waals surface area contributed by atoms with E-state index in [1.807, 2.05) is 23.1 Å². The molecule has 0 spiro atoms. The van der Waals surface area contributed by atoms with Crippen molar-refractivity contribution >= 4 is 23.3 Å². The second-order valence-corrected chi connectivity index (χ2v) is 7.40. The number of fused-ring (bicyclic) bond motifs is 4. The Bertz CT molecular complexity index is 958. The molecule has 0 radical (unpaired) electrons. The zero-order chi connectivity index (χ0) is 20.5. The van der Waals surface area contributed by atoms with Crippen LogP contribution in [0.25, 0.3) is 0 Å². The number of nitrogens with one attached hydrogen (secondary N) is 1. The second-order valence-electron chi connectivity index (χ2n) is 7.40. The molecule has 0 saturated carbocycles. The third-order valence-electron chi connectivity index (χ3n) is 5.52. The standard InChI is InChI=1S/C22H24N2O5/c1-13-18-10-14-6-3-4-7-17(14)24(18)22(27)15-11-19(28-2)20(12-16(15)23-13)29-9-5-8-21(25)26/h3-4,6-7,11-13,18,23H,5,8-10H2,1-2H3,(H,25,26)/t13?,18-/m0/s1. The number of nitrogens with zero attached hydrogens (tertiary/aromatic N) is 1. The second kappa shape index (κ2) is 7.66. The molecule has 1 amide bonds. The summed E-state index contributed by atoms with van der Waals surface area (Å²) in [6.07, 6.45) is 1.24. The van der Waals surface area contributed by atoms with Crippen molar-refractivity contribution in [1.82, 2.24) is 0 Å². The van der Waals surface area contributed by atoms with Gasteiger partial charge in [0.15, 0.2) is 11.5 Å². The maximum Gasteiger partial charge on any atom is 0.303 e. The van der Waals surface area contributed by atoms with Crippen molar-refractivity contribution in [2.45, 2.75) is 38.3 Å². The number of carbonyl (C=O) groups excluding carboxylic acids is 1. The molecule has 7 nitrogen and oxygen atoms in total. The molecule has 1 unspecified atom stereocenters. The number of carbonyl (C=O) groups is 2. The van der Waals surface area contributed by atoms with Gasteiger partial charge in [-0.2, -0.15) is 0 Å². The smallest absolute Gasteiger partial charge is 0.303 e. The average Bonchev–Trinajstić information content (AvgIpc) is 3.06. The van der Waals surface area contributed by atoms with E-state index in [0.29, 0.717) is 29.2 Å². The number of carboxylic acid groups (broad SMARTS) is 1. The predicted molar refractivity (Wildman–Crippen MR) is 109 cm³/mol. The van der Waals surface area contributed by atoms with E-state index in [2.05, 4.69) is 18.3 Å². The largest absolute Gasteiger partial charge is 0.493 e. The fourth-order valence-corrected chi connectivity index (χ4v) is 4.08. The first-order chi connectivity index (χ1) is 14.0. The van der Waals surface area contributed by atoms with Crippen molar-refractivity contribution in [3.63, 3.8) is 0 Å². The van der Waals surface area contributed by atoms with E-state index in [1.165, 1.54) is 12.7 Å². The van der Waals surface area contributed by atoms with E-state index in [0.717, 1.165) is 12.1 Å². The molecular formula is C22H24N2O5. The van der Waals surface area contributed by atoms with Gasteiger partial charge in [0.25, 0.3) is 5.91 Å². The van der Waals surface area contributed by atoms with E-state index >= 15 is 0 Å². The van der Waals surface area contributed by atoms with Gasteiger partial charge in [-0.25, -0.2) is 0 Å². The van der Waals surface area contributed by atoms with Gasteiger partial charge >= 0.3 is 5.97 Å². The van der Waals surface area contributed by atoms with Crippen LogP contribution in [-0.2, 0) is 11.2 Å². The Labute approximate surface area is 169 Å². The lowest BCUT2D eigenvalue weighted by Crippen LogP contribution is -2.44. The molecule has 2 heterocycles.